The first-order valence-corrected chi connectivity index (χ1v) is 8.82. The molecule has 2 atom stereocenters. The van der Waals surface area contributed by atoms with Crippen molar-refractivity contribution in [3.63, 3.8) is 0 Å². The molecule has 140 valence electrons. The van der Waals surface area contributed by atoms with Crippen molar-refractivity contribution in [2.24, 2.45) is 0 Å². The van der Waals surface area contributed by atoms with E-state index in [-0.39, 0.29) is 30.4 Å². The van der Waals surface area contributed by atoms with E-state index in [4.69, 9.17) is 21.1 Å². The molecule has 8 heteroatoms. The number of H-pyrrole nitrogens is 1. The molecule has 1 aliphatic heterocycles. The molecule has 2 N–H and O–H groups in total. The fraction of sp³-hybridized carbons (Fsp3) is 0.444. The first kappa shape index (κ1) is 18.7. The van der Waals surface area contributed by atoms with E-state index in [9.17, 15) is 9.59 Å². The van der Waals surface area contributed by atoms with Crippen molar-refractivity contribution in [2.75, 3.05) is 32.1 Å². The molecule has 0 aliphatic carbocycles. The van der Waals surface area contributed by atoms with E-state index in [1.165, 1.54) is 7.11 Å². The highest BCUT2D eigenvalue weighted by Crippen LogP contribution is 2.30. The van der Waals surface area contributed by atoms with Crippen LogP contribution in [0.2, 0.25) is 5.02 Å². The lowest BCUT2D eigenvalue weighted by Crippen LogP contribution is -2.48. The van der Waals surface area contributed by atoms with Gasteiger partial charge in [-0.2, -0.15) is 0 Å². The number of aromatic amines is 1. The molecular formula is C18H22ClN3O4. The number of benzene rings is 1. The van der Waals surface area contributed by atoms with E-state index < -0.39 is 5.97 Å². The van der Waals surface area contributed by atoms with Crippen LogP contribution in [0.4, 0.5) is 5.69 Å². The minimum Gasteiger partial charge on any atom is -0.464 e. The van der Waals surface area contributed by atoms with Crippen LogP contribution < -0.4 is 5.32 Å². The highest BCUT2D eigenvalue weighted by molar-refractivity contribution is 6.31. The van der Waals surface area contributed by atoms with E-state index >= 15 is 0 Å². The number of esters is 1. The van der Waals surface area contributed by atoms with Crippen LogP contribution in [0.5, 0.6) is 0 Å². The van der Waals surface area contributed by atoms with E-state index in [1.54, 1.807) is 18.2 Å². The van der Waals surface area contributed by atoms with Crippen molar-refractivity contribution in [3.05, 3.63) is 28.9 Å². The zero-order valence-electron chi connectivity index (χ0n) is 15.0. The van der Waals surface area contributed by atoms with Gasteiger partial charge in [-0.3, -0.25) is 9.69 Å². The molecule has 2 aromatic rings. The summed E-state index contributed by atoms with van der Waals surface area (Å²) in [5.74, 6) is -0.765. The molecule has 26 heavy (non-hydrogen) atoms. The van der Waals surface area contributed by atoms with Crippen LogP contribution in [0.3, 0.4) is 0 Å². The Balaban J connectivity index is 1.83. The normalized spacial score (nSPS) is 20.9. The summed E-state index contributed by atoms with van der Waals surface area (Å²) in [7, 11) is 1.29. The Morgan fingerprint density at radius 3 is 2.69 bits per heavy atom. The van der Waals surface area contributed by atoms with Crippen LogP contribution >= 0.6 is 11.6 Å². The summed E-state index contributed by atoms with van der Waals surface area (Å²) in [6, 6.07) is 5.17. The van der Waals surface area contributed by atoms with Crippen LogP contribution in [0, 0.1) is 0 Å². The number of nitrogens with one attached hydrogen (secondary N) is 2. The summed E-state index contributed by atoms with van der Waals surface area (Å²) in [5, 5.41) is 4.02. The zero-order chi connectivity index (χ0) is 18.8. The standard InChI is InChI=1S/C18H22ClN3O4/c1-10-7-22(8-11(2)26-10)9-15(23)21-16-13-6-12(19)4-5-14(13)20-17(16)18(24)25-3/h4-6,10-11,20H,7-9H2,1-3H3,(H,21,23). The molecule has 0 saturated carbocycles. The van der Waals surface area contributed by atoms with Gasteiger partial charge in [0.25, 0.3) is 0 Å². The molecule has 1 amide bonds. The summed E-state index contributed by atoms with van der Waals surface area (Å²) in [4.78, 5) is 29.7. The smallest absolute Gasteiger partial charge is 0.356 e. The molecular weight excluding hydrogens is 358 g/mol. The van der Waals surface area contributed by atoms with Gasteiger partial charge >= 0.3 is 5.97 Å². The number of rotatable bonds is 4. The number of aromatic nitrogens is 1. The number of hydrogen-bond acceptors (Lipinski definition) is 5. The third-order valence-corrected chi connectivity index (χ3v) is 4.51. The molecule has 0 spiro atoms. The molecule has 1 fully saturated rings. The van der Waals surface area contributed by atoms with Gasteiger partial charge in [0, 0.05) is 29.0 Å². The number of fused-ring (bicyclic) bond motifs is 1. The number of carbonyl (C=O) groups excluding carboxylic acids is 2. The van der Waals surface area contributed by atoms with Gasteiger partial charge in [0.1, 0.15) is 5.69 Å². The molecule has 0 radical (unpaired) electrons. The maximum Gasteiger partial charge on any atom is 0.356 e. The lowest BCUT2D eigenvalue weighted by Gasteiger charge is -2.34. The molecule has 1 aliphatic rings. The Kier molecular flexibility index (Phi) is 5.50. The van der Waals surface area contributed by atoms with Gasteiger partial charge in [0.2, 0.25) is 5.91 Å². The van der Waals surface area contributed by atoms with E-state index in [0.717, 1.165) is 0 Å². The number of hydrogen-bond donors (Lipinski definition) is 2. The lowest BCUT2D eigenvalue weighted by atomic mass is 10.2. The summed E-state index contributed by atoms with van der Waals surface area (Å²) >= 11 is 6.07. The number of methoxy groups -OCH3 is 1. The van der Waals surface area contributed by atoms with Crippen molar-refractivity contribution in [1.82, 2.24) is 9.88 Å². The Hall–Kier alpha value is -2.09. The minimum absolute atomic E-state index is 0.0732. The molecule has 2 unspecified atom stereocenters. The van der Waals surface area contributed by atoms with Gasteiger partial charge in [-0.25, -0.2) is 4.79 Å². The number of morpholine rings is 1. The number of nitrogens with zero attached hydrogens (tertiary/aromatic N) is 1. The molecule has 1 aromatic carbocycles. The van der Waals surface area contributed by atoms with Gasteiger partial charge in [0.15, 0.2) is 0 Å². The maximum atomic E-state index is 12.6. The molecule has 0 bridgehead atoms. The van der Waals surface area contributed by atoms with Gasteiger partial charge < -0.3 is 19.8 Å². The zero-order valence-corrected chi connectivity index (χ0v) is 15.7. The fourth-order valence-corrected chi connectivity index (χ4v) is 3.52. The second-order valence-electron chi connectivity index (χ2n) is 6.56. The highest BCUT2D eigenvalue weighted by atomic mass is 35.5. The van der Waals surface area contributed by atoms with E-state index in [0.29, 0.717) is 34.7 Å². The Labute approximate surface area is 156 Å². The van der Waals surface area contributed by atoms with Gasteiger partial charge in [-0.15, -0.1) is 0 Å². The third kappa shape index (κ3) is 4.00. The SMILES string of the molecule is COC(=O)c1[nH]c2ccc(Cl)cc2c1NC(=O)CN1CC(C)OC(C)C1. The third-order valence-electron chi connectivity index (χ3n) is 4.28. The summed E-state index contributed by atoms with van der Waals surface area (Å²) in [6.45, 7) is 5.55. The minimum atomic E-state index is -0.554. The van der Waals surface area contributed by atoms with E-state index in [1.807, 2.05) is 18.7 Å². The Morgan fingerprint density at radius 2 is 2.04 bits per heavy atom. The van der Waals surface area contributed by atoms with Crippen molar-refractivity contribution >= 4 is 40.1 Å². The molecule has 1 aromatic heterocycles. The van der Waals surface area contributed by atoms with Crippen LogP contribution in [0.15, 0.2) is 18.2 Å². The highest BCUT2D eigenvalue weighted by Gasteiger charge is 2.25. The van der Waals surface area contributed by atoms with E-state index in [2.05, 4.69) is 10.3 Å². The number of carbonyl (C=O) groups is 2. The van der Waals surface area contributed by atoms with Crippen molar-refractivity contribution in [3.8, 4) is 0 Å². The van der Waals surface area contributed by atoms with Crippen LogP contribution in [0.1, 0.15) is 24.3 Å². The van der Waals surface area contributed by atoms with Crippen LogP contribution in [-0.2, 0) is 14.3 Å². The average Bonchev–Trinajstić information content (AvgIpc) is 2.91. The van der Waals surface area contributed by atoms with Crippen LogP contribution in [-0.4, -0.2) is 60.7 Å². The molecule has 2 heterocycles. The quantitative estimate of drug-likeness (QED) is 0.798. The monoisotopic (exact) mass is 379 g/mol. The van der Waals surface area contributed by atoms with Crippen molar-refractivity contribution < 1.29 is 19.1 Å². The fourth-order valence-electron chi connectivity index (χ4n) is 3.34. The predicted octanol–water partition coefficient (Wildman–Crippen LogP) is 2.66. The van der Waals surface area contributed by atoms with Crippen LogP contribution in [0.25, 0.3) is 10.9 Å². The number of ether oxygens (including phenoxy) is 2. The maximum absolute atomic E-state index is 12.6. The van der Waals surface area contributed by atoms with Crippen molar-refractivity contribution in [2.45, 2.75) is 26.1 Å². The Bertz CT molecular complexity index is 825. The van der Waals surface area contributed by atoms with Gasteiger partial charge in [-0.05, 0) is 32.0 Å². The topological polar surface area (TPSA) is 83.7 Å². The Morgan fingerprint density at radius 1 is 1.35 bits per heavy atom. The molecule has 7 nitrogen and oxygen atoms in total. The first-order valence-electron chi connectivity index (χ1n) is 8.44. The largest absolute Gasteiger partial charge is 0.464 e. The first-order chi connectivity index (χ1) is 12.4. The second-order valence-corrected chi connectivity index (χ2v) is 6.99. The molecule has 3 rings (SSSR count). The van der Waals surface area contributed by atoms with Crippen molar-refractivity contribution in [1.29, 1.82) is 0 Å². The summed E-state index contributed by atoms with van der Waals surface area (Å²) in [5.41, 5.74) is 1.27. The number of amides is 1. The number of anilines is 1. The number of halogens is 1. The lowest BCUT2D eigenvalue weighted by molar-refractivity contribution is -0.121. The average molecular weight is 380 g/mol. The molecule has 1 saturated heterocycles. The van der Waals surface area contributed by atoms with Gasteiger partial charge in [0.05, 0.1) is 31.5 Å². The summed E-state index contributed by atoms with van der Waals surface area (Å²) in [6.07, 6.45) is 0.146. The van der Waals surface area contributed by atoms with Gasteiger partial charge in [-0.1, -0.05) is 11.6 Å². The second kappa shape index (κ2) is 7.65. The predicted molar refractivity (Wildman–Crippen MR) is 99.7 cm³/mol. The summed E-state index contributed by atoms with van der Waals surface area (Å²) < 4.78 is 10.5.